The van der Waals surface area contributed by atoms with Gasteiger partial charge in [-0.05, 0) is 37.3 Å². The van der Waals surface area contributed by atoms with E-state index in [-0.39, 0.29) is 23.8 Å². The first-order valence-electron chi connectivity index (χ1n) is 9.63. The number of carbonyl (C=O) groups excluding carboxylic acids is 1. The van der Waals surface area contributed by atoms with Crippen molar-refractivity contribution in [2.75, 3.05) is 18.1 Å². The zero-order chi connectivity index (χ0) is 17.5. The Labute approximate surface area is 152 Å². The third-order valence-electron chi connectivity index (χ3n) is 5.99. The van der Waals surface area contributed by atoms with Crippen LogP contribution in [-0.4, -0.2) is 29.3 Å². The smallest absolute Gasteiger partial charge is 0.230 e. The standard InChI is InChI=1S/C20H23N3O3/c24-20(14-5-3-6-14)23-16-7-2-1-4-15(16)12-17(23)18-21-19(26-22-18)13-8-10-25-11-9-13/h1-2,4,7,13-14,17H,3,5-6,8-12H2. The van der Waals surface area contributed by atoms with Crippen molar-refractivity contribution in [2.45, 2.75) is 50.5 Å². The molecule has 1 aromatic heterocycles. The number of aromatic nitrogens is 2. The molecule has 1 amide bonds. The second-order valence-electron chi connectivity index (χ2n) is 7.56. The minimum atomic E-state index is -0.155. The summed E-state index contributed by atoms with van der Waals surface area (Å²) in [5.41, 5.74) is 2.19. The summed E-state index contributed by atoms with van der Waals surface area (Å²) in [6.07, 6.45) is 5.70. The van der Waals surface area contributed by atoms with Crippen LogP contribution in [0.2, 0.25) is 0 Å². The molecule has 136 valence electrons. The van der Waals surface area contributed by atoms with Crippen molar-refractivity contribution in [1.82, 2.24) is 10.1 Å². The summed E-state index contributed by atoms with van der Waals surface area (Å²) in [4.78, 5) is 19.7. The molecule has 2 fully saturated rings. The van der Waals surface area contributed by atoms with Gasteiger partial charge in [-0.3, -0.25) is 4.79 Å². The Morgan fingerprint density at radius 1 is 1.12 bits per heavy atom. The van der Waals surface area contributed by atoms with Gasteiger partial charge in [-0.25, -0.2) is 0 Å². The number of para-hydroxylation sites is 1. The third kappa shape index (κ3) is 2.63. The summed E-state index contributed by atoms with van der Waals surface area (Å²) < 4.78 is 11.0. The molecule has 1 atom stereocenters. The van der Waals surface area contributed by atoms with Gasteiger partial charge >= 0.3 is 0 Å². The Kier molecular flexibility index (Phi) is 4.00. The number of amides is 1. The van der Waals surface area contributed by atoms with Crippen molar-refractivity contribution in [1.29, 1.82) is 0 Å². The molecular formula is C20H23N3O3. The number of benzene rings is 1. The molecular weight excluding hydrogens is 330 g/mol. The van der Waals surface area contributed by atoms with Crippen molar-refractivity contribution in [3.05, 3.63) is 41.5 Å². The highest BCUT2D eigenvalue weighted by Crippen LogP contribution is 2.43. The average molecular weight is 353 g/mol. The lowest BCUT2D eigenvalue weighted by Gasteiger charge is -2.32. The molecule has 6 nitrogen and oxygen atoms in total. The van der Waals surface area contributed by atoms with Gasteiger partial charge in [0.1, 0.15) is 6.04 Å². The molecule has 1 saturated carbocycles. The molecule has 2 aliphatic heterocycles. The van der Waals surface area contributed by atoms with Crippen LogP contribution in [0.5, 0.6) is 0 Å². The van der Waals surface area contributed by atoms with Crippen LogP contribution in [0.1, 0.15) is 61.3 Å². The second-order valence-corrected chi connectivity index (χ2v) is 7.56. The van der Waals surface area contributed by atoms with Gasteiger partial charge in [0.15, 0.2) is 5.82 Å². The van der Waals surface area contributed by atoms with E-state index in [4.69, 9.17) is 14.2 Å². The van der Waals surface area contributed by atoms with Crippen molar-refractivity contribution in [2.24, 2.45) is 5.92 Å². The summed E-state index contributed by atoms with van der Waals surface area (Å²) >= 11 is 0. The first kappa shape index (κ1) is 16.0. The number of ether oxygens (including phenoxy) is 1. The van der Waals surface area contributed by atoms with Gasteiger partial charge in [-0.1, -0.05) is 29.8 Å². The van der Waals surface area contributed by atoms with E-state index in [2.05, 4.69) is 11.2 Å². The number of carbonyl (C=O) groups is 1. The largest absolute Gasteiger partial charge is 0.381 e. The van der Waals surface area contributed by atoms with Crippen molar-refractivity contribution >= 4 is 11.6 Å². The molecule has 3 heterocycles. The van der Waals surface area contributed by atoms with Gasteiger partial charge in [0, 0.05) is 37.2 Å². The average Bonchev–Trinajstić information content (AvgIpc) is 3.25. The zero-order valence-electron chi connectivity index (χ0n) is 14.8. The minimum absolute atomic E-state index is 0.144. The second kappa shape index (κ2) is 6.50. The summed E-state index contributed by atoms with van der Waals surface area (Å²) in [5.74, 6) is 1.95. The van der Waals surface area contributed by atoms with E-state index in [0.29, 0.717) is 11.7 Å². The van der Waals surface area contributed by atoms with E-state index >= 15 is 0 Å². The number of hydrogen-bond acceptors (Lipinski definition) is 5. The summed E-state index contributed by atoms with van der Waals surface area (Å²) in [6.45, 7) is 1.48. The molecule has 26 heavy (non-hydrogen) atoms. The molecule has 3 aliphatic rings. The molecule has 0 bridgehead atoms. The van der Waals surface area contributed by atoms with Crippen molar-refractivity contribution in [3.63, 3.8) is 0 Å². The van der Waals surface area contributed by atoms with Gasteiger partial charge in [-0.15, -0.1) is 0 Å². The Hall–Kier alpha value is -2.21. The van der Waals surface area contributed by atoms with E-state index in [9.17, 15) is 4.79 Å². The fourth-order valence-electron chi connectivity index (χ4n) is 4.21. The highest BCUT2D eigenvalue weighted by molar-refractivity contribution is 5.98. The van der Waals surface area contributed by atoms with Crippen LogP contribution in [0.25, 0.3) is 0 Å². The molecule has 5 rings (SSSR count). The fourth-order valence-corrected chi connectivity index (χ4v) is 4.21. The molecule has 0 N–H and O–H groups in total. The molecule has 1 unspecified atom stereocenters. The Bertz CT molecular complexity index is 808. The van der Waals surface area contributed by atoms with Crippen LogP contribution < -0.4 is 4.90 Å². The van der Waals surface area contributed by atoms with Crippen molar-refractivity contribution < 1.29 is 14.1 Å². The first-order chi connectivity index (χ1) is 12.8. The van der Waals surface area contributed by atoms with Crippen LogP contribution in [0.4, 0.5) is 5.69 Å². The van der Waals surface area contributed by atoms with Crippen molar-refractivity contribution in [3.8, 4) is 0 Å². The Balaban J connectivity index is 1.45. The first-order valence-corrected chi connectivity index (χ1v) is 9.63. The van der Waals surface area contributed by atoms with Crippen LogP contribution in [0.15, 0.2) is 28.8 Å². The molecule has 1 aliphatic carbocycles. The van der Waals surface area contributed by atoms with Gasteiger partial charge in [0.05, 0.1) is 0 Å². The number of nitrogens with zero attached hydrogens (tertiary/aromatic N) is 3. The predicted molar refractivity (Wildman–Crippen MR) is 94.8 cm³/mol. The maximum atomic E-state index is 13.1. The summed E-state index contributed by atoms with van der Waals surface area (Å²) in [7, 11) is 0. The van der Waals surface area contributed by atoms with Gasteiger partial charge < -0.3 is 14.2 Å². The highest BCUT2D eigenvalue weighted by Gasteiger charge is 2.41. The normalized spacial score (nSPS) is 23.7. The van der Waals surface area contributed by atoms with Crippen LogP contribution in [0.3, 0.4) is 0 Å². The third-order valence-corrected chi connectivity index (χ3v) is 5.99. The quantitative estimate of drug-likeness (QED) is 0.846. The van der Waals surface area contributed by atoms with Crippen LogP contribution >= 0.6 is 0 Å². The lowest BCUT2D eigenvalue weighted by Crippen LogP contribution is -2.40. The lowest BCUT2D eigenvalue weighted by molar-refractivity contribution is -0.125. The van der Waals surface area contributed by atoms with Gasteiger partial charge in [0.2, 0.25) is 11.8 Å². The van der Waals surface area contributed by atoms with Crippen LogP contribution in [0, 0.1) is 5.92 Å². The van der Waals surface area contributed by atoms with E-state index in [1.807, 2.05) is 23.1 Å². The summed E-state index contributed by atoms with van der Waals surface area (Å²) in [6, 6.07) is 7.99. The molecule has 1 saturated heterocycles. The molecule has 2 aromatic rings. The number of rotatable bonds is 3. The molecule has 6 heteroatoms. The maximum Gasteiger partial charge on any atom is 0.230 e. The van der Waals surface area contributed by atoms with E-state index in [0.717, 1.165) is 57.4 Å². The molecule has 0 radical (unpaired) electrons. The lowest BCUT2D eigenvalue weighted by atomic mass is 9.84. The zero-order valence-corrected chi connectivity index (χ0v) is 14.8. The topological polar surface area (TPSA) is 68.5 Å². The number of hydrogen-bond donors (Lipinski definition) is 0. The number of anilines is 1. The Morgan fingerprint density at radius 3 is 2.69 bits per heavy atom. The molecule has 1 aromatic carbocycles. The van der Waals surface area contributed by atoms with E-state index in [1.54, 1.807) is 0 Å². The minimum Gasteiger partial charge on any atom is -0.381 e. The van der Waals surface area contributed by atoms with Gasteiger partial charge in [-0.2, -0.15) is 4.98 Å². The monoisotopic (exact) mass is 353 g/mol. The SMILES string of the molecule is O=C(C1CCC1)N1c2ccccc2CC1c1noc(C2CCOCC2)n1. The fraction of sp³-hybridized carbons (Fsp3) is 0.550. The van der Waals surface area contributed by atoms with Gasteiger partial charge in [0.25, 0.3) is 0 Å². The molecule has 0 spiro atoms. The van der Waals surface area contributed by atoms with E-state index in [1.165, 1.54) is 5.56 Å². The highest BCUT2D eigenvalue weighted by atomic mass is 16.5. The predicted octanol–water partition coefficient (Wildman–Crippen LogP) is 3.39. The number of fused-ring (bicyclic) bond motifs is 1. The summed E-state index contributed by atoms with van der Waals surface area (Å²) in [5, 5.41) is 4.27. The van der Waals surface area contributed by atoms with Crippen LogP contribution in [-0.2, 0) is 16.0 Å². The maximum absolute atomic E-state index is 13.1. The Morgan fingerprint density at radius 2 is 1.92 bits per heavy atom. The van der Waals surface area contributed by atoms with E-state index < -0.39 is 0 Å².